The zero-order valence-electron chi connectivity index (χ0n) is 9.44. The fourth-order valence-corrected chi connectivity index (χ4v) is 1.84. The summed E-state index contributed by atoms with van der Waals surface area (Å²) in [7, 11) is 1.15. The third-order valence-corrected chi connectivity index (χ3v) is 2.79. The number of amides is 1. The van der Waals surface area contributed by atoms with Gasteiger partial charge in [0.2, 0.25) is 0 Å². The predicted molar refractivity (Wildman–Crippen MR) is 66.8 cm³/mol. The van der Waals surface area contributed by atoms with E-state index in [1.54, 1.807) is 6.07 Å². The number of hydrogen-bond acceptors (Lipinski definition) is 4. The number of carbonyl (C=O) groups excluding carboxylic acids is 2. The van der Waals surface area contributed by atoms with Gasteiger partial charge in [-0.2, -0.15) is 0 Å². The Bertz CT molecular complexity index is 444. The van der Waals surface area contributed by atoms with Crippen molar-refractivity contribution in [3.05, 3.63) is 33.8 Å². The molecular weight excluding hydrogens is 281 g/mol. The largest absolute Gasteiger partial charge is 0.467 e. The SMILES string of the molecule is COC(=O)[C@H](CO)NC(=O)c1c(Cl)cccc1Cl. The number of esters is 1. The molecule has 0 unspecified atom stereocenters. The van der Waals surface area contributed by atoms with Gasteiger partial charge in [-0.05, 0) is 12.1 Å². The zero-order valence-corrected chi connectivity index (χ0v) is 11.0. The second-order valence-electron chi connectivity index (χ2n) is 3.33. The summed E-state index contributed by atoms with van der Waals surface area (Å²) in [6.45, 7) is -0.583. The minimum atomic E-state index is -1.16. The smallest absolute Gasteiger partial charge is 0.330 e. The lowest BCUT2D eigenvalue weighted by Gasteiger charge is -2.14. The molecule has 1 aromatic carbocycles. The van der Waals surface area contributed by atoms with Crippen LogP contribution >= 0.6 is 23.2 Å². The van der Waals surface area contributed by atoms with Gasteiger partial charge in [0, 0.05) is 0 Å². The Morgan fingerprint density at radius 1 is 1.39 bits per heavy atom. The number of aliphatic hydroxyl groups excluding tert-OH is 1. The average molecular weight is 292 g/mol. The summed E-state index contributed by atoms with van der Waals surface area (Å²) in [6.07, 6.45) is 0. The van der Waals surface area contributed by atoms with Crippen LogP contribution in [-0.2, 0) is 9.53 Å². The zero-order chi connectivity index (χ0) is 13.7. The van der Waals surface area contributed by atoms with Gasteiger partial charge >= 0.3 is 5.97 Å². The highest BCUT2D eigenvalue weighted by molar-refractivity contribution is 6.39. The molecule has 0 heterocycles. The van der Waals surface area contributed by atoms with Crippen molar-refractivity contribution in [2.45, 2.75) is 6.04 Å². The normalized spacial score (nSPS) is 11.8. The molecular formula is C11H11Cl2NO4. The maximum absolute atomic E-state index is 11.9. The number of benzene rings is 1. The van der Waals surface area contributed by atoms with E-state index in [0.29, 0.717) is 0 Å². The molecule has 0 aliphatic heterocycles. The minimum absolute atomic E-state index is 0.0446. The molecule has 0 bridgehead atoms. The van der Waals surface area contributed by atoms with Crippen molar-refractivity contribution in [2.75, 3.05) is 13.7 Å². The van der Waals surface area contributed by atoms with Crippen molar-refractivity contribution in [3.63, 3.8) is 0 Å². The highest BCUT2D eigenvalue weighted by Gasteiger charge is 2.23. The molecule has 1 amide bonds. The van der Waals surface area contributed by atoms with Crippen molar-refractivity contribution in [1.82, 2.24) is 5.32 Å². The van der Waals surface area contributed by atoms with E-state index < -0.39 is 24.5 Å². The van der Waals surface area contributed by atoms with Crippen molar-refractivity contribution < 1.29 is 19.4 Å². The number of carbonyl (C=O) groups is 2. The number of ether oxygens (including phenoxy) is 1. The van der Waals surface area contributed by atoms with Crippen LogP contribution in [0.4, 0.5) is 0 Å². The van der Waals surface area contributed by atoms with Crippen LogP contribution in [0.1, 0.15) is 10.4 Å². The lowest BCUT2D eigenvalue weighted by Crippen LogP contribution is -2.44. The second kappa shape index (κ2) is 6.58. The first-order chi connectivity index (χ1) is 8.51. The van der Waals surface area contributed by atoms with Gasteiger partial charge in [-0.25, -0.2) is 4.79 Å². The van der Waals surface area contributed by atoms with Crippen molar-refractivity contribution >= 4 is 35.1 Å². The molecule has 0 saturated carbocycles. The maximum Gasteiger partial charge on any atom is 0.330 e. The fraction of sp³-hybridized carbons (Fsp3) is 0.273. The highest BCUT2D eigenvalue weighted by atomic mass is 35.5. The van der Waals surface area contributed by atoms with Crippen molar-refractivity contribution in [3.8, 4) is 0 Å². The Balaban J connectivity index is 2.91. The molecule has 1 atom stereocenters. The van der Waals surface area contributed by atoms with E-state index in [4.69, 9.17) is 28.3 Å². The van der Waals surface area contributed by atoms with Crippen molar-refractivity contribution in [1.29, 1.82) is 0 Å². The standard InChI is InChI=1S/C11H11Cl2NO4/c1-18-11(17)8(5-15)14-10(16)9-6(12)3-2-4-7(9)13/h2-4,8,15H,5H2,1H3,(H,14,16)/t8-/m0/s1. The molecule has 0 radical (unpaired) electrons. The van der Waals surface area contributed by atoms with E-state index >= 15 is 0 Å². The Morgan fingerprint density at radius 2 is 1.94 bits per heavy atom. The third kappa shape index (κ3) is 3.35. The molecule has 0 aromatic heterocycles. The first-order valence-corrected chi connectivity index (χ1v) is 5.70. The van der Waals surface area contributed by atoms with Crippen LogP contribution in [0.3, 0.4) is 0 Å². The summed E-state index contributed by atoms with van der Waals surface area (Å²) in [5.41, 5.74) is 0.0446. The van der Waals surface area contributed by atoms with Gasteiger partial charge in [0.15, 0.2) is 6.04 Å². The molecule has 2 N–H and O–H groups in total. The fourth-order valence-electron chi connectivity index (χ4n) is 1.27. The monoisotopic (exact) mass is 291 g/mol. The number of nitrogens with one attached hydrogen (secondary N) is 1. The summed E-state index contributed by atoms with van der Waals surface area (Å²) < 4.78 is 4.42. The Morgan fingerprint density at radius 3 is 2.39 bits per heavy atom. The molecule has 1 rings (SSSR count). The lowest BCUT2D eigenvalue weighted by atomic mass is 10.2. The molecule has 0 spiro atoms. The molecule has 98 valence electrons. The first-order valence-electron chi connectivity index (χ1n) is 4.94. The van der Waals surface area contributed by atoms with Gasteiger partial charge in [0.05, 0.1) is 29.3 Å². The molecule has 1 aromatic rings. The van der Waals surface area contributed by atoms with Gasteiger partial charge in [0.1, 0.15) is 0 Å². The number of rotatable bonds is 4. The predicted octanol–water partition coefficient (Wildman–Crippen LogP) is 1.26. The van der Waals surface area contributed by atoms with E-state index in [9.17, 15) is 9.59 Å². The molecule has 18 heavy (non-hydrogen) atoms. The minimum Gasteiger partial charge on any atom is -0.467 e. The Hall–Kier alpha value is -1.30. The van der Waals surface area contributed by atoms with Gasteiger partial charge < -0.3 is 15.2 Å². The summed E-state index contributed by atoms with van der Waals surface area (Å²) in [6, 6.07) is 3.42. The second-order valence-corrected chi connectivity index (χ2v) is 4.14. The number of methoxy groups -OCH3 is 1. The van der Waals surface area contributed by atoms with Crippen LogP contribution in [0, 0.1) is 0 Å². The summed E-state index contributed by atoms with van der Waals surface area (Å²) >= 11 is 11.7. The Labute approximate surface area is 114 Å². The number of hydrogen-bond donors (Lipinski definition) is 2. The molecule has 0 aliphatic carbocycles. The topological polar surface area (TPSA) is 75.6 Å². The van der Waals surface area contributed by atoms with Gasteiger partial charge in [-0.15, -0.1) is 0 Å². The van der Waals surface area contributed by atoms with Gasteiger partial charge in [-0.1, -0.05) is 29.3 Å². The van der Waals surface area contributed by atoms with Crippen LogP contribution in [0.5, 0.6) is 0 Å². The van der Waals surface area contributed by atoms with Gasteiger partial charge in [0.25, 0.3) is 5.91 Å². The van der Waals surface area contributed by atoms with Crippen LogP contribution in [0.25, 0.3) is 0 Å². The quantitative estimate of drug-likeness (QED) is 0.819. The summed E-state index contributed by atoms with van der Waals surface area (Å²) in [4.78, 5) is 23.1. The molecule has 0 fully saturated rings. The van der Waals surface area contributed by atoms with E-state index in [-0.39, 0.29) is 15.6 Å². The van der Waals surface area contributed by atoms with Crippen LogP contribution < -0.4 is 5.32 Å². The van der Waals surface area contributed by atoms with E-state index in [1.807, 2.05) is 0 Å². The van der Waals surface area contributed by atoms with E-state index in [2.05, 4.69) is 10.1 Å². The number of aliphatic hydroxyl groups is 1. The summed E-state index contributed by atoms with van der Waals surface area (Å²) in [5.74, 6) is -1.41. The van der Waals surface area contributed by atoms with Crippen LogP contribution in [0.15, 0.2) is 18.2 Å². The Kier molecular flexibility index (Phi) is 5.40. The lowest BCUT2D eigenvalue weighted by molar-refractivity contribution is -0.143. The van der Waals surface area contributed by atoms with Crippen LogP contribution in [-0.4, -0.2) is 36.7 Å². The molecule has 7 heteroatoms. The average Bonchev–Trinajstić information content (AvgIpc) is 2.34. The maximum atomic E-state index is 11.9. The summed E-state index contributed by atoms with van der Waals surface area (Å²) in [5, 5.41) is 11.6. The third-order valence-electron chi connectivity index (χ3n) is 2.16. The highest BCUT2D eigenvalue weighted by Crippen LogP contribution is 2.24. The van der Waals surface area contributed by atoms with Gasteiger partial charge in [-0.3, -0.25) is 4.79 Å². The molecule has 0 saturated heterocycles. The van der Waals surface area contributed by atoms with E-state index in [0.717, 1.165) is 7.11 Å². The van der Waals surface area contributed by atoms with E-state index in [1.165, 1.54) is 12.1 Å². The molecule has 0 aliphatic rings. The number of halogens is 2. The van der Waals surface area contributed by atoms with Crippen molar-refractivity contribution in [2.24, 2.45) is 0 Å². The molecule has 5 nitrogen and oxygen atoms in total. The first kappa shape index (κ1) is 14.8. The van der Waals surface area contributed by atoms with Crippen LogP contribution in [0.2, 0.25) is 10.0 Å².